The number of para-hydroxylation sites is 2. The molecule has 0 spiro atoms. The Labute approximate surface area is 185 Å². The Kier molecular flexibility index (Phi) is 6.79. The van der Waals surface area contributed by atoms with Crippen LogP contribution in [0.1, 0.15) is 22.6 Å². The zero-order valence-corrected chi connectivity index (χ0v) is 17.8. The Morgan fingerprint density at radius 3 is 2.61 bits per heavy atom. The van der Waals surface area contributed by atoms with Crippen molar-refractivity contribution >= 4 is 28.5 Å². The van der Waals surface area contributed by atoms with Crippen molar-refractivity contribution in [1.82, 2.24) is 19.9 Å². The highest BCUT2D eigenvalue weighted by atomic mass is 35.5. The molecule has 0 radical (unpaired) electrons. The number of aryl methyl sites for hydroxylation is 1. The number of nitrogens with one attached hydrogen (secondary N) is 1. The first-order chi connectivity index (χ1) is 15.2. The van der Waals surface area contributed by atoms with Gasteiger partial charge in [0.15, 0.2) is 0 Å². The fourth-order valence-electron chi connectivity index (χ4n) is 3.41. The molecule has 2 aromatic carbocycles. The Balaban J connectivity index is 1.36. The summed E-state index contributed by atoms with van der Waals surface area (Å²) in [6.07, 6.45) is 4.78. The fourth-order valence-corrected chi connectivity index (χ4v) is 3.53. The van der Waals surface area contributed by atoms with Crippen LogP contribution in [0.3, 0.4) is 0 Å². The summed E-state index contributed by atoms with van der Waals surface area (Å²) in [6.45, 7) is 1.78. The van der Waals surface area contributed by atoms with Crippen LogP contribution in [0, 0.1) is 0 Å². The summed E-state index contributed by atoms with van der Waals surface area (Å²) in [5.74, 6) is 1.68. The minimum absolute atomic E-state index is 0.0905. The van der Waals surface area contributed by atoms with Gasteiger partial charge in [-0.2, -0.15) is 0 Å². The van der Waals surface area contributed by atoms with Crippen molar-refractivity contribution in [3.8, 4) is 5.75 Å². The molecule has 0 bridgehead atoms. The monoisotopic (exact) mass is 434 g/mol. The summed E-state index contributed by atoms with van der Waals surface area (Å²) in [5.41, 5.74) is 2.66. The van der Waals surface area contributed by atoms with Crippen LogP contribution >= 0.6 is 11.6 Å². The van der Waals surface area contributed by atoms with Gasteiger partial charge in [-0.25, -0.2) is 4.98 Å². The lowest BCUT2D eigenvalue weighted by molar-refractivity contribution is 0.0953. The smallest absolute Gasteiger partial charge is 0.251 e. The molecule has 2 heterocycles. The van der Waals surface area contributed by atoms with Crippen LogP contribution in [0.5, 0.6) is 5.75 Å². The highest BCUT2D eigenvalue weighted by Crippen LogP contribution is 2.19. The summed E-state index contributed by atoms with van der Waals surface area (Å²) >= 11 is 5.93. The molecule has 7 heteroatoms. The number of fused-ring (bicyclic) bond motifs is 1. The number of nitrogens with zero attached hydrogens (tertiary/aromatic N) is 3. The number of ether oxygens (including phenoxy) is 1. The molecule has 31 heavy (non-hydrogen) atoms. The number of carbonyl (C=O) groups is 1. The molecule has 0 atom stereocenters. The number of benzene rings is 2. The average Bonchev–Trinajstić information content (AvgIpc) is 3.16. The van der Waals surface area contributed by atoms with Crippen molar-refractivity contribution in [2.24, 2.45) is 0 Å². The summed E-state index contributed by atoms with van der Waals surface area (Å²) in [6, 6.07) is 18.8. The second kappa shape index (κ2) is 10.1. The average molecular weight is 435 g/mol. The van der Waals surface area contributed by atoms with E-state index in [0.717, 1.165) is 35.4 Å². The second-order valence-corrected chi connectivity index (χ2v) is 7.50. The molecule has 158 valence electrons. The van der Waals surface area contributed by atoms with Crippen LogP contribution in [0.15, 0.2) is 73.1 Å². The third-order valence-electron chi connectivity index (χ3n) is 4.94. The van der Waals surface area contributed by atoms with E-state index in [-0.39, 0.29) is 5.91 Å². The number of pyridine rings is 1. The van der Waals surface area contributed by atoms with Gasteiger partial charge in [0.25, 0.3) is 5.91 Å². The van der Waals surface area contributed by atoms with E-state index >= 15 is 0 Å². The van der Waals surface area contributed by atoms with Gasteiger partial charge in [-0.3, -0.25) is 9.78 Å². The Hall–Kier alpha value is -3.38. The normalized spacial score (nSPS) is 10.9. The van der Waals surface area contributed by atoms with E-state index < -0.39 is 0 Å². The van der Waals surface area contributed by atoms with Gasteiger partial charge in [0.2, 0.25) is 0 Å². The maximum Gasteiger partial charge on any atom is 0.251 e. The maximum atomic E-state index is 12.2. The van der Waals surface area contributed by atoms with Crippen LogP contribution < -0.4 is 10.1 Å². The SMILES string of the molecule is O=C(NCCCc1nc2ccccc2n1CCOc1ccc(Cl)cc1)c1ccncc1. The molecule has 0 saturated heterocycles. The fraction of sp³-hybridized carbons (Fsp3) is 0.208. The minimum Gasteiger partial charge on any atom is -0.492 e. The van der Waals surface area contributed by atoms with Gasteiger partial charge in [0.05, 0.1) is 17.6 Å². The number of hydrogen-bond acceptors (Lipinski definition) is 4. The predicted molar refractivity (Wildman–Crippen MR) is 122 cm³/mol. The van der Waals surface area contributed by atoms with Crippen molar-refractivity contribution < 1.29 is 9.53 Å². The largest absolute Gasteiger partial charge is 0.492 e. The number of imidazole rings is 1. The number of hydrogen-bond donors (Lipinski definition) is 1. The number of halogens is 1. The topological polar surface area (TPSA) is 69.0 Å². The molecule has 0 unspecified atom stereocenters. The van der Waals surface area contributed by atoms with E-state index in [1.54, 1.807) is 24.5 Å². The van der Waals surface area contributed by atoms with E-state index in [2.05, 4.69) is 20.9 Å². The molecule has 0 aliphatic rings. The number of carbonyl (C=O) groups excluding carboxylic acids is 1. The van der Waals surface area contributed by atoms with Crippen molar-refractivity contribution in [3.05, 3.63) is 89.5 Å². The van der Waals surface area contributed by atoms with Crippen molar-refractivity contribution in [3.63, 3.8) is 0 Å². The molecule has 1 N–H and O–H groups in total. The quantitative estimate of drug-likeness (QED) is 0.393. The molecule has 4 aromatic rings. The minimum atomic E-state index is -0.0905. The molecule has 0 aliphatic carbocycles. The summed E-state index contributed by atoms with van der Waals surface area (Å²) in [7, 11) is 0. The lowest BCUT2D eigenvalue weighted by Crippen LogP contribution is -2.25. The van der Waals surface area contributed by atoms with Gasteiger partial charge in [-0.05, 0) is 55.0 Å². The van der Waals surface area contributed by atoms with Gasteiger partial charge in [-0.15, -0.1) is 0 Å². The first kappa shape index (κ1) is 20.9. The molecule has 0 fully saturated rings. The summed E-state index contributed by atoms with van der Waals surface area (Å²) in [4.78, 5) is 20.9. The predicted octanol–water partition coefficient (Wildman–Crippen LogP) is 4.53. The van der Waals surface area contributed by atoms with Crippen LogP contribution in [-0.4, -0.2) is 33.6 Å². The van der Waals surface area contributed by atoms with Gasteiger partial charge in [-0.1, -0.05) is 23.7 Å². The Bertz CT molecular complexity index is 1140. The van der Waals surface area contributed by atoms with Crippen LogP contribution in [-0.2, 0) is 13.0 Å². The van der Waals surface area contributed by atoms with E-state index in [9.17, 15) is 4.79 Å². The van der Waals surface area contributed by atoms with Gasteiger partial charge < -0.3 is 14.6 Å². The molecular weight excluding hydrogens is 412 g/mol. The zero-order chi connectivity index (χ0) is 21.5. The van der Waals surface area contributed by atoms with Crippen LogP contribution in [0.25, 0.3) is 11.0 Å². The molecule has 6 nitrogen and oxygen atoms in total. The number of amides is 1. The molecule has 0 aliphatic heterocycles. The van der Waals surface area contributed by atoms with Crippen molar-refractivity contribution in [2.75, 3.05) is 13.2 Å². The van der Waals surface area contributed by atoms with E-state index in [0.29, 0.717) is 30.3 Å². The number of aromatic nitrogens is 3. The van der Waals surface area contributed by atoms with Gasteiger partial charge >= 0.3 is 0 Å². The molecule has 2 aromatic heterocycles. The Morgan fingerprint density at radius 2 is 1.81 bits per heavy atom. The molecule has 4 rings (SSSR count). The first-order valence-corrected chi connectivity index (χ1v) is 10.6. The third-order valence-corrected chi connectivity index (χ3v) is 5.19. The highest BCUT2D eigenvalue weighted by Gasteiger charge is 2.11. The van der Waals surface area contributed by atoms with Gasteiger partial charge in [0.1, 0.15) is 18.2 Å². The zero-order valence-electron chi connectivity index (χ0n) is 17.0. The van der Waals surface area contributed by atoms with Gasteiger partial charge in [0, 0.05) is 35.9 Å². The maximum absolute atomic E-state index is 12.2. The summed E-state index contributed by atoms with van der Waals surface area (Å²) < 4.78 is 8.07. The van der Waals surface area contributed by atoms with E-state index in [1.165, 1.54) is 0 Å². The lowest BCUT2D eigenvalue weighted by Gasteiger charge is -2.11. The number of rotatable bonds is 9. The van der Waals surface area contributed by atoms with Crippen molar-refractivity contribution in [2.45, 2.75) is 19.4 Å². The third kappa shape index (κ3) is 5.41. The standard InChI is InChI=1S/C24H23ClN4O2/c25-19-7-9-20(10-8-19)31-17-16-29-22-5-2-1-4-21(22)28-23(29)6-3-13-27-24(30)18-11-14-26-15-12-18/h1-2,4-5,7-12,14-15H,3,6,13,16-17H2,(H,27,30). The van der Waals surface area contributed by atoms with E-state index in [4.69, 9.17) is 21.3 Å². The van der Waals surface area contributed by atoms with E-state index in [1.807, 2.05) is 42.5 Å². The second-order valence-electron chi connectivity index (χ2n) is 7.07. The van der Waals surface area contributed by atoms with Crippen molar-refractivity contribution in [1.29, 1.82) is 0 Å². The lowest BCUT2D eigenvalue weighted by atomic mass is 10.2. The first-order valence-electron chi connectivity index (χ1n) is 10.2. The van der Waals surface area contributed by atoms with Crippen LogP contribution in [0.2, 0.25) is 5.02 Å². The highest BCUT2D eigenvalue weighted by molar-refractivity contribution is 6.30. The molecular formula is C24H23ClN4O2. The van der Waals surface area contributed by atoms with Crippen LogP contribution in [0.4, 0.5) is 0 Å². The molecule has 1 amide bonds. The summed E-state index contributed by atoms with van der Waals surface area (Å²) in [5, 5.41) is 3.64. The Morgan fingerprint density at radius 1 is 1.03 bits per heavy atom. The molecule has 0 saturated carbocycles.